The zero-order valence-electron chi connectivity index (χ0n) is 40.4. The molecule has 4 aromatic carbocycles. The molecule has 2 atom stereocenters. The van der Waals surface area contributed by atoms with Crippen LogP contribution in [-0.2, 0) is 34.0 Å². The van der Waals surface area contributed by atoms with Crippen molar-refractivity contribution in [2.45, 2.75) is 84.2 Å². The average molecular weight is 951 g/mol. The summed E-state index contributed by atoms with van der Waals surface area (Å²) in [4.78, 5) is 106. The molecule has 2 amide bonds. The van der Waals surface area contributed by atoms with E-state index in [1.165, 1.54) is 51.2 Å². The summed E-state index contributed by atoms with van der Waals surface area (Å²) in [7, 11) is 1.40. The van der Waals surface area contributed by atoms with Gasteiger partial charge in [-0.3, -0.25) is 19.2 Å². The largest absolute Gasteiger partial charge is 0.462 e. The van der Waals surface area contributed by atoms with E-state index in [-0.39, 0.29) is 62.6 Å². The predicted molar refractivity (Wildman–Crippen MR) is 260 cm³/mol. The Hall–Kier alpha value is -7.48. The molecule has 4 bridgehead atoms. The van der Waals surface area contributed by atoms with Crippen LogP contribution in [0.3, 0.4) is 0 Å². The minimum atomic E-state index is -0.989. The smallest absolute Gasteiger partial charge is 0.339 e. The molecule has 0 saturated heterocycles. The molecule has 4 aliphatic carbocycles. The van der Waals surface area contributed by atoms with Crippen molar-refractivity contribution in [1.29, 1.82) is 0 Å². The van der Waals surface area contributed by atoms with Crippen molar-refractivity contribution in [2.24, 2.45) is 17.3 Å². The van der Waals surface area contributed by atoms with E-state index in [1.54, 1.807) is 42.5 Å². The number of benzene rings is 4. The number of anilines is 1. The molecule has 0 heterocycles. The number of ketones is 2. The van der Waals surface area contributed by atoms with Crippen LogP contribution in [0.15, 0.2) is 109 Å². The van der Waals surface area contributed by atoms with Crippen LogP contribution in [0.25, 0.3) is 0 Å². The van der Waals surface area contributed by atoms with E-state index in [9.17, 15) is 38.4 Å². The van der Waals surface area contributed by atoms with Crippen LogP contribution in [0, 0.1) is 24.2 Å². The summed E-state index contributed by atoms with van der Waals surface area (Å²) >= 11 is 0. The Balaban J connectivity index is 1.13. The van der Waals surface area contributed by atoms with Gasteiger partial charge in [0.05, 0.1) is 40.0 Å². The second kappa shape index (κ2) is 20.2. The summed E-state index contributed by atoms with van der Waals surface area (Å²) in [5.74, 6) is -4.44. The van der Waals surface area contributed by atoms with Crippen molar-refractivity contribution in [3.63, 3.8) is 0 Å². The molecule has 0 radical (unpaired) electrons. The first-order valence-corrected chi connectivity index (χ1v) is 23.2. The number of hydrogen-bond donors (Lipinski definition) is 2. The third-order valence-electron chi connectivity index (χ3n) is 13.8. The normalized spacial score (nSPS) is 19.8. The van der Waals surface area contributed by atoms with Crippen LogP contribution in [0.4, 0.5) is 5.69 Å². The Morgan fingerprint density at radius 3 is 1.69 bits per heavy atom. The van der Waals surface area contributed by atoms with Gasteiger partial charge in [-0.25, -0.2) is 19.2 Å². The molecule has 8 rings (SSSR count). The number of Topliss-reactive ketones (excluding diaryl/α,β-unsaturated/α-hetero) is 2. The number of esters is 4. The Labute approximate surface area is 407 Å². The minimum Gasteiger partial charge on any atom is -0.462 e. The van der Waals surface area contributed by atoms with E-state index in [1.807, 2.05) is 32.9 Å². The van der Waals surface area contributed by atoms with Crippen LogP contribution < -0.4 is 10.6 Å². The molecule has 0 aromatic heterocycles. The lowest BCUT2D eigenvalue weighted by atomic mass is 9.48. The van der Waals surface area contributed by atoms with Crippen molar-refractivity contribution in [1.82, 2.24) is 5.32 Å². The van der Waals surface area contributed by atoms with E-state index in [0.717, 1.165) is 24.8 Å². The zero-order valence-corrected chi connectivity index (χ0v) is 40.4. The van der Waals surface area contributed by atoms with Crippen LogP contribution in [0.1, 0.15) is 145 Å². The van der Waals surface area contributed by atoms with Gasteiger partial charge in [-0.2, -0.15) is 0 Å². The number of carbonyl (C=O) groups is 8. The van der Waals surface area contributed by atoms with Crippen LogP contribution in [0.2, 0.25) is 0 Å². The van der Waals surface area contributed by atoms with Gasteiger partial charge in [-0.15, -0.1) is 0 Å². The molecule has 364 valence electrons. The maximum Gasteiger partial charge on any atom is 0.339 e. The Morgan fingerprint density at radius 1 is 0.629 bits per heavy atom. The molecule has 4 fully saturated rings. The fraction of sp³-hybridized carbons (Fsp3) is 0.357. The van der Waals surface area contributed by atoms with E-state index in [4.69, 9.17) is 18.9 Å². The molecule has 4 saturated carbocycles. The fourth-order valence-electron chi connectivity index (χ4n) is 10.5. The molecule has 0 spiro atoms. The molecule has 4 aromatic rings. The van der Waals surface area contributed by atoms with Crippen molar-refractivity contribution in [3.05, 3.63) is 159 Å². The Morgan fingerprint density at radius 2 is 1.16 bits per heavy atom. The van der Waals surface area contributed by atoms with Gasteiger partial charge in [-0.1, -0.05) is 62.9 Å². The lowest BCUT2D eigenvalue weighted by Gasteiger charge is -2.60. The maximum atomic E-state index is 14.4. The first-order valence-electron chi connectivity index (χ1n) is 23.2. The number of amides is 2. The third kappa shape index (κ3) is 11.0. The highest BCUT2D eigenvalue weighted by Gasteiger charge is 2.60. The number of hydrogen-bond acceptors (Lipinski definition) is 12. The lowest BCUT2D eigenvalue weighted by Crippen LogP contribution is -2.58. The minimum absolute atomic E-state index is 0.0262. The number of nitrogens with one attached hydrogen (secondary N) is 2. The lowest BCUT2D eigenvalue weighted by molar-refractivity contribution is -0.177. The highest BCUT2D eigenvalue weighted by molar-refractivity contribution is 6.12. The van der Waals surface area contributed by atoms with E-state index < -0.39 is 65.5 Å². The SMILES string of the molecule is C=C(C)C(=O)COC(=O)c1ccc(C(C)(C)c2ccc(C(=O)OCC(=O)C(=C)C)c(C(=O)Nc3cccc(C(=O)OC45CC6CC(CC(COC(=O)c7cccc(C)c7)(C6)C4)C5)c3)c2)cc1C(=O)NC. The first kappa shape index (κ1) is 50.4. The molecule has 0 aliphatic heterocycles. The number of carbonyl (C=O) groups excluding carboxylic acids is 8. The van der Waals surface area contributed by atoms with Gasteiger partial charge in [0, 0.05) is 23.6 Å². The van der Waals surface area contributed by atoms with Gasteiger partial charge < -0.3 is 29.6 Å². The second-order valence-electron chi connectivity index (χ2n) is 19.8. The summed E-state index contributed by atoms with van der Waals surface area (Å²) in [5.41, 5.74) is 0.893. The molecular formula is C56H58N2O12. The Kier molecular flexibility index (Phi) is 14.6. The van der Waals surface area contributed by atoms with Crippen molar-refractivity contribution in [2.75, 3.05) is 32.2 Å². The molecule has 70 heavy (non-hydrogen) atoms. The zero-order chi connectivity index (χ0) is 50.7. The van der Waals surface area contributed by atoms with E-state index >= 15 is 0 Å². The van der Waals surface area contributed by atoms with Crippen LogP contribution in [0.5, 0.6) is 0 Å². The molecule has 2 unspecified atom stereocenters. The Bertz CT molecular complexity index is 2840. The third-order valence-corrected chi connectivity index (χ3v) is 13.8. The molecule has 14 heteroatoms. The van der Waals surface area contributed by atoms with Crippen LogP contribution in [-0.4, -0.2) is 79.7 Å². The fourth-order valence-corrected chi connectivity index (χ4v) is 10.5. The molecule has 4 aliphatic rings. The average Bonchev–Trinajstić information content (AvgIpc) is 3.32. The summed E-state index contributed by atoms with van der Waals surface area (Å²) < 4.78 is 22.9. The predicted octanol–water partition coefficient (Wildman–Crippen LogP) is 8.89. The number of ether oxygens (including phenoxy) is 4. The first-order chi connectivity index (χ1) is 33.1. The van der Waals surface area contributed by atoms with Crippen molar-refractivity contribution >= 4 is 52.9 Å². The number of rotatable bonds is 18. The van der Waals surface area contributed by atoms with Gasteiger partial charge in [0.25, 0.3) is 11.8 Å². The van der Waals surface area contributed by atoms with Gasteiger partial charge >= 0.3 is 23.9 Å². The van der Waals surface area contributed by atoms with E-state index in [2.05, 4.69) is 23.8 Å². The van der Waals surface area contributed by atoms with Crippen LogP contribution >= 0.6 is 0 Å². The number of aryl methyl sites for hydroxylation is 1. The molecule has 2 N–H and O–H groups in total. The monoisotopic (exact) mass is 950 g/mol. The highest BCUT2D eigenvalue weighted by Crippen LogP contribution is 2.63. The summed E-state index contributed by atoms with van der Waals surface area (Å²) in [6, 6.07) is 22.6. The van der Waals surface area contributed by atoms with Gasteiger partial charge in [-0.05, 0) is 148 Å². The second-order valence-corrected chi connectivity index (χ2v) is 19.8. The van der Waals surface area contributed by atoms with Gasteiger partial charge in [0.15, 0.2) is 24.8 Å². The van der Waals surface area contributed by atoms with Crippen molar-refractivity contribution < 1.29 is 57.3 Å². The standard InChI is InChI=1S/C56H58N2O12/c1-32(2)46(59)28-67-52(65)42-17-15-39(22-44(42)48(61)57-8)54(6,7)40-16-18-43(53(66)68-29-47(60)33(3)4)45(23-40)49(62)58-41-14-10-13-38(21-41)51(64)70-56-26-35-20-36(27-56)25-55(24-35,30-56)31-69-50(63)37-12-9-11-34(5)19-37/h9-19,21-23,35-36H,1,3,20,24-31H2,2,4-8H3,(H,57,61)(H,58,62). The summed E-state index contributed by atoms with van der Waals surface area (Å²) in [5, 5.41) is 5.35. The summed E-state index contributed by atoms with van der Waals surface area (Å²) in [6.45, 7) is 14.8. The quantitative estimate of drug-likeness (QED) is 0.0547. The molecule has 14 nitrogen and oxygen atoms in total. The molecular weight excluding hydrogens is 893 g/mol. The highest BCUT2D eigenvalue weighted by atomic mass is 16.6. The topological polar surface area (TPSA) is 198 Å². The summed E-state index contributed by atoms with van der Waals surface area (Å²) in [6.07, 6.45) is 4.82. The van der Waals surface area contributed by atoms with Gasteiger partial charge in [0.2, 0.25) is 0 Å². The maximum absolute atomic E-state index is 14.4. The van der Waals surface area contributed by atoms with Gasteiger partial charge in [0.1, 0.15) is 5.60 Å². The van der Waals surface area contributed by atoms with Crippen molar-refractivity contribution in [3.8, 4) is 0 Å². The van der Waals surface area contributed by atoms with E-state index in [0.29, 0.717) is 47.8 Å².